The lowest BCUT2D eigenvalue weighted by Crippen LogP contribution is -2.31. The maximum atomic E-state index is 10.0. The lowest BCUT2D eigenvalue weighted by atomic mass is 9.86. The lowest BCUT2D eigenvalue weighted by molar-refractivity contribution is -0.660. The molecule has 0 saturated heterocycles. The van der Waals surface area contributed by atoms with Gasteiger partial charge in [0.15, 0.2) is 6.20 Å². The van der Waals surface area contributed by atoms with E-state index in [1.807, 2.05) is 55.5 Å². The molecule has 3 nitrogen and oxygen atoms in total. The third-order valence-corrected chi connectivity index (χ3v) is 7.46. The van der Waals surface area contributed by atoms with Crippen LogP contribution in [0.1, 0.15) is 60.9 Å². The fourth-order valence-corrected chi connectivity index (χ4v) is 5.63. The number of benzene rings is 4. The monoisotopic (exact) mass is 558 g/mol. The summed E-state index contributed by atoms with van der Waals surface area (Å²) in [5.74, 6) is 0. The van der Waals surface area contributed by atoms with E-state index in [9.17, 15) is 5.26 Å². The summed E-state index contributed by atoms with van der Waals surface area (Å²) in [5.41, 5.74) is 3.42. The molecule has 208 valence electrons. The zero-order chi connectivity index (χ0) is 37.4. The first kappa shape index (κ1) is 18.7. The molecule has 2 heterocycles. The molecule has 2 aromatic heterocycles. The van der Waals surface area contributed by atoms with Crippen LogP contribution in [0, 0.1) is 37.4 Å². The Morgan fingerprint density at radius 2 is 1.60 bits per heavy atom. The molecule has 3 heteroatoms. The average molecular weight is 559 g/mol. The molecule has 0 aliphatic heterocycles. The van der Waals surface area contributed by atoms with E-state index in [0.29, 0.717) is 33.6 Å². The van der Waals surface area contributed by atoms with Crippen molar-refractivity contribution < 1.29 is 21.3 Å². The first-order valence-electron chi connectivity index (χ1n) is 18.3. The van der Waals surface area contributed by atoms with Crippen LogP contribution < -0.4 is 4.57 Å². The number of nitrogens with zero attached hydrogens (tertiary/aromatic N) is 2. The standard InChI is InChI=1S/C39H37N2O/c1-24-13-16-31-32-18-15-29(22-40)36(28-11-9-8-10-12-28)38(32)42-37(31)35(24)34-20-33(26(3)23-41(34)7)30-17-14-27(19-25(30)2)21-39(4,5)6/h8-20,23H,21H2,1-7H3/q+1/i2D3,3D3,17D,21D2. The molecule has 6 aromatic rings. The van der Waals surface area contributed by atoms with Crippen LogP contribution in [0.2, 0.25) is 0 Å². The number of hydrogen-bond acceptors (Lipinski definition) is 2. The van der Waals surface area contributed by atoms with E-state index >= 15 is 0 Å². The van der Waals surface area contributed by atoms with Gasteiger partial charge in [0.25, 0.3) is 0 Å². The minimum absolute atomic E-state index is 0.0286. The molecular weight excluding hydrogens is 512 g/mol. The van der Waals surface area contributed by atoms with Gasteiger partial charge >= 0.3 is 0 Å². The molecule has 0 aliphatic rings. The summed E-state index contributed by atoms with van der Waals surface area (Å²) >= 11 is 0. The number of nitriles is 1. The highest BCUT2D eigenvalue weighted by atomic mass is 16.3. The third kappa shape index (κ3) is 4.78. The van der Waals surface area contributed by atoms with Gasteiger partial charge in [-0.2, -0.15) is 5.26 Å². The van der Waals surface area contributed by atoms with E-state index in [4.69, 9.17) is 16.8 Å². The zero-order valence-electron chi connectivity index (χ0n) is 33.3. The Bertz CT molecular complexity index is 2390. The number of pyridine rings is 1. The van der Waals surface area contributed by atoms with Gasteiger partial charge in [0.1, 0.15) is 18.2 Å². The van der Waals surface area contributed by atoms with Gasteiger partial charge in [-0.15, -0.1) is 0 Å². The number of furan rings is 1. The summed E-state index contributed by atoms with van der Waals surface area (Å²) in [4.78, 5) is 0. The van der Waals surface area contributed by atoms with Gasteiger partial charge in [-0.3, -0.25) is 0 Å². The summed E-state index contributed by atoms with van der Waals surface area (Å²) in [7, 11) is 1.70. The highest BCUT2D eigenvalue weighted by Gasteiger charge is 2.25. The van der Waals surface area contributed by atoms with Crippen molar-refractivity contribution in [3.05, 3.63) is 113 Å². The Hall–Kier alpha value is -4.68. The third-order valence-electron chi connectivity index (χ3n) is 7.46. The van der Waals surface area contributed by atoms with Crippen LogP contribution in [0.4, 0.5) is 0 Å². The van der Waals surface area contributed by atoms with Gasteiger partial charge in [-0.25, -0.2) is 4.57 Å². The summed E-state index contributed by atoms with van der Waals surface area (Å²) in [6, 6.07) is 23.1. The second-order valence-corrected chi connectivity index (χ2v) is 11.7. The maximum absolute atomic E-state index is 10.0. The molecule has 0 unspecified atom stereocenters. The molecule has 0 spiro atoms. The van der Waals surface area contributed by atoms with Crippen LogP contribution in [-0.4, -0.2) is 0 Å². The van der Waals surface area contributed by atoms with Gasteiger partial charge in [-0.1, -0.05) is 81.4 Å². The Labute approximate surface area is 261 Å². The minimum atomic E-state index is -2.81. The molecule has 0 fully saturated rings. The van der Waals surface area contributed by atoms with Gasteiger partial charge in [-0.05, 0) is 77.9 Å². The van der Waals surface area contributed by atoms with E-state index in [1.54, 1.807) is 44.5 Å². The summed E-state index contributed by atoms with van der Waals surface area (Å²) in [6.07, 6.45) is -0.562. The fraction of sp³-hybridized carbons (Fsp3) is 0.231. The highest BCUT2D eigenvalue weighted by molar-refractivity contribution is 6.14. The molecule has 0 atom stereocenters. The first-order valence-corrected chi connectivity index (χ1v) is 13.8. The van der Waals surface area contributed by atoms with Gasteiger partial charge in [0.05, 0.1) is 18.6 Å². The summed E-state index contributed by atoms with van der Waals surface area (Å²) < 4.78 is 85.9. The minimum Gasteiger partial charge on any atom is -0.454 e. The van der Waals surface area contributed by atoms with Gasteiger partial charge < -0.3 is 4.42 Å². The fourth-order valence-electron chi connectivity index (χ4n) is 5.63. The Kier molecular flexibility index (Phi) is 4.58. The van der Waals surface area contributed by atoms with Crippen molar-refractivity contribution in [1.29, 1.82) is 5.26 Å². The second kappa shape index (κ2) is 10.3. The van der Waals surface area contributed by atoms with Crippen molar-refractivity contribution in [2.24, 2.45) is 12.5 Å². The maximum Gasteiger partial charge on any atom is 0.216 e. The van der Waals surface area contributed by atoms with E-state index < -0.39 is 25.5 Å². The number of hydrogen-bond donors (Lipinski definition) is 0. The van der Waals surface area contributed by atoms with Crippen molar-refractivity contribution in [2.75, 3.05) is 0 Å². The van der Waals surface area contributed by atoms with Crippen LogP contribution in [-0.2, 0) is 13.4 Å². The molecule has 0 N–H and O–H groups in total. The zero-order valence-corrected chi connectivity index (χ0v) is 24.3. The van der Waals surface area contributed by atoms with Crippen molar-refractivity contribution in [1.82, 2.24) is 0 Å². The second-order valence-electron chi connectivity index (χ2n) is 11.7. The molecule has 0 saturated carbocycles. The summed E-state index contributed by atoms with van der Waals surface area (Å²) in [5, 5.41) is 11.6. The lowest BCUT2D eigenvalue weighted by Gasteiger charge is -2.19. The molecule has 0 aliphatic carbocycles. The molecule has 6 rings (SSSR count). The van der Waals surface area contributed by atoms with E-state index in [2.05, 4.69) is 6.07 Å². The number of aromatic nitrogens is 1. The van der Waals surface area contributed by atoms with E-state index in [0.717, 1.165) is 21.9 Å². The predicted molar refractivity (Wildman–Crippen MR) is 173 cm³/mol. The van der Waals surface area contributed by atoms with Crippen molar-refractivity contribution in [3.8, 4) is 39.6 Å². The molecule has 0 amide bonds. The Balaban J connectivity index is 1.71. The number of aryl methyl sites for hydroxylation is 4. The molecular formula is C39H37N2O+. The molecule has 4 aromatic carbocycles. The van der Waals surface area contributed by atoms with E-state index in [1.165, 1.54) is 18.3 Å². The Morgan fingerprint density at radius 1 is 0.881 bits per heavy atom. The van der Waals surface area contributed by atoms with Crippen LogP contribution in [0.25, 0.3) is 55.4 Å². The Morgan fingerprint density at radius 3 is 2.29 bits per heavy atom. The smallest absolute Gasteiger partial charge is 0.216 e. The van der Waals surface area contributed by atoms with E-state index in [-0.39, 0.29) is 33.9 Å². The quantitative estimate of drug-likeness (QED) is 0.202. The van der Waals surface area contributed by atoms with Crippen LogP contribution in [0.15, 0.2) is 89.5 Å². The molecule has 0 bridgehead atoms. The first-order chi connectivity index (χ1) is 23.7. The summed E-state index contributed by atoms with van der Waals surface area (Å²) in [6.45, 7) is 1.48. The average Bonchev–Trinajstić information content (AvgIpc) is 3.41. The van der Waals surface area contributed by atoms with Gasteiger partial charge in [0, 0.05) is 38.9 Å². The topological polar surface area (TPSA) is 40.8 Å². The number of fused-ring (bicyclic) bond motifs is 3. The normalized spacial score (nSPS) is 15.9. The largest absolute Gasteiger partial charge is 0.454 e. The van der Waals surface area contributed by atoms with Gasteiger partial charge in [0.2, 0.25) is 5.69 Å². The molecule has 0 radical (unpaired) electrons. The molecule has 42 heavy (non-hydrogen) atoms. The van der Waals surface area contributed by atoms with Crippen LogP contribution in [0.5, 0.6) is 0 Å². The van der Waals surface area contributed by atoms with Crippen molar-refractivity contribution >= 4 is 21.9 Å². The SMILES string of the molecule is [2H]c1cc(C([2H])([2H])C(C)(C)C)cc(C([2H])([2H])[2H])c1-c1cc(-c2c(C)ccc3c2oc2c(-c4ccccc4)c(C#N)ccc23)[n+](C)cc1C([2H])([2H])[2H]. The predicted octanol–water partition coefficient (Wildman–Crippen LogP) is 9.80. The highest BCUT2D eigenvalue weighted by Crippen LogP contribution is 2.42. The van der Waals surface area contributed by atoms with Crippen LogP contribution in [0.3, 0.4) is 0 Å². The number of rotatable bonds is 4. The van der Waals surface area contributed by atoms with Crippen LogP contribution >= 0.6 is 0 Å². The van der Waals surface area contributed by atoms with Crippen molar-refractivity contribution in [2.45, 2.75) is 47.8 Å². The van der Waals surface area contributed by atoms with Crippen molar-refractivity contribution in [3.63, 3.8) is 0 Å².